The molecule has 4 aromatic rings. The van der Waals surface area contributed by atoms with Crippen molar-refractivity contribution in [3.63, 3.8) is 0 Å². The average Bonchev–Trinajstić information content (AvgIpc) is 3.30. The van der Waals surface area contributed by atoms with Crippen LogP contribution in [-0.2, 0) is 7.05 Å². The fraction of sp³-hybridized carbons (Fsp3) is 0.346. The molecule has 38 heavy (non-hydrogen) atoms. The number of aliphatic hydroxyl groups excluding tert-OH is 1. The molecule has 0 bridgehead atoms. The summed E-state index contributed by atoms with van der Waals surface area (Å²) in [4.78, 5) is 13.0. The van der Waals surface area contributed by atoms with E-state index in [0.717, 1.165) is 40.9 Å². The number of anilines is 4. The molecule has 1 saturated heterocycles. The Morgan fingerprint density at radius 1 is 1.05 bits per heavy atom. The summed E-state index contributed by atoms with van der Waals surface area (Å²) < 4.78 is 33.5. The summed E-state index contributed by atoms with van der Waals surface area (Å²) >= 11 is 0. The Hall–Kier alpha value is -4.03. The van der Waals surface area contributed by atoms with Crippen molar-refractivity contribution >= 4 is 33.8 Å². The summed E-state index contributed by atoms with van der Waals surface area (Å²) in [6.45, 7) is 0.673. The molecule has 10 nitrogen and oxygen atoms in total. The van der Waals surface area contributed by atoms with Gasteiger partial charge in [0.05, 0.1) is 41.1 Å². The number of ether oxygens (including phenoxy) is 1. The molecule has 0 radical (unpaired) electrons. The quantitative estimate of drug-likeness (QED) is 0.303. The molecule has 0 atom stereocenters. The van der Waals surface area contributed by atoms with Gasteiger partial charge in [-0.1, -0.05) is 6.07 Å². The van der Waals surface area contributed by atoms with Gasteiger partial charge in [0, 0.05) is 69.9 Å². The van der Waals surface area contributed by atoms with Crippen LogP contribution in [0.15, 0.2) is 48.9 Å². The first-order valence-electron chi connectivity index (χ1n) is 12.3. The molecular formula is C26H30F2N8O2. The van der Waals surface area contributed by atoms with Gasteiger partial charge in [-0.3, -0.25) is 9.58 Å². The summed E-state index contributed by atoms with van der Waals surface area (Å²) in [7, 11) is 3.67. The molecule has 2 aromatic carbocycles. The number of hydrogen-bond donors (Lipinski definition) is 3. The highest BCUT2D eigenvalue weighted by Gasteiger charge is 2.22. The minimum Gasteiger partial charge on any atom is -0.433 e. The highest BCUT2D eigenvalue weighted by molar-refractivity contribution is 5.85. The number of alkyl halides is 2. The van der Waals surface area contributed by atoms with Crippen LogP contribution in [-0.4, -0.2) is 82.7 Å². The van der Waals surface area contributed by atoms with Crippen molar-refractivity contribution < 1.29 is 18.6 Å². The first-order valence-corrected chi connectivity index (χ1v) is 12.3. The SMILES string of the molecule is CNc1cc(Nc2cc(-c3ccc4c(cnn4C)c3)ncn2)c(OC(F)F)cc1N1CCN(CCO)CC1. The number of aliphatic hydroxyl groups is 1. The van der Waals surface area contributed by atoms with Gasteiger partial charge in [-0.15, -0.1) is 0 Å². The third-order valence-electron chi connectivity index (χ3n) is 6.68. The fourth-order valence-electron chi connectivity index (χ4n) is 4.72. The molecule has 200 valence electrons. The van der Waals surface area contributed by atoms with Crippen molar-refractivity contribution in [3.8, 4) is 17.0 Å². The topological polar surface area (TPSA) is 104 Å². The second kappa shape index (κ2) is 11.2. The van der Waals surface area contributed by atoms with E-state index in [4.69, 9.17) is 4.74 Å². The first-order chi connectivity index (χ1) is 18.4. The number of halogens is 2. The standard InChI is InChI=1S/C26H30F2N8O2/c1-29-20-12-21(24(38-26(27)28)14-23(20)36-7-5-35(6-8-36)9-10-37)33-25-13-19(30-16-31-25)17-3-4-22-18(11-17)15-32-34(22)2/h3-4,11-16,26,29,37H,5-10H2,1-2H3,(H,30,31,33). The Balaban J connectivity index is 1.43. The van der Waals surface area contributed by atoms with Gasteiger partial charge in [-0.2, -0.15) is 13.9 Å². The van der Waals surface area contributed by atoms with E-state index < -0.39 is 6.61 Å². The maximum Gasteiger partial charge on any atom is 0.387 e. The number of aryl methyl sites for hydroxylation is 1. The van der Waals surface area contributed by atoms with Gasteiger partial charge < -0.3 is 25.4 Å². The molecule has 1 aliphatic rings. The summed E-state index contributed by atoms with van der Waals surface area (Å²) in [5, 5.41) is 20.8. The van der Waals surface area contributed by atoms with E-state index in [2.05, 4.69) is 35.5 Å². The second-order valence-corrected chi connectivity index (χ2v) is 9.00. The number of rotatable bonds is 9. The lowest BCUT2D eigenvalue weighted by atomic mass is 10.1. The van der Waals surface area contributed by atoms with Gasteiger partial charge in [0.1, 0.15) is 12.1 Å². The largest absolute Gasteiger partial charge is 0.433 e. The van der Waals surface area contributed by atoms with Crippen LogP contribution in [0, 0.1) is 0 Å². The predicted octanol–water partition coefficient (Wildman–Crippen LogP) is 3.53. The molecule has 5 rings (SSSR count). The van der Waals surface area contributed by atoms with Crippen LogP contribution >= 0.6 is 0 Å². The summed E-state index contributed by atoms with van der Waals surface area (Å²) in [6, 6.07) is 11.1. The Kier molecular flexibility index (Phi) is 7.52. The van der Waals surface area contributed by atoms with Gasteiger partial charge >= 0.3 is 6.61 Å². The van der Waals surface area contributed by atoms with Gasteiger partial charge in [-0.25, -0.2) is 9.97 Å². The smallest absolute Gasteiger partial charge is 0.387 e. The Bertz CT molecular complexity index is 1410. The molecule has 1 fully saturated rings. The lowest BCUT2D eigenvalue weighted by Crippen LogP contribution is -2.47. The van der Waals surface area contributed by atoms with Gasteiger partial charge in [-0.05, 0) is 18.2 Å². The van der Waals surface area contributed by atoms with Crippen LogP contribution in [0.5, 0.6) is 5.75 Å². The average molecular weight is 525 g/mol. The van der Waals surface area contributed by atoms with Gasteiger partial charge in [0.15, 0.2) is 5.75 Å². The third-order valence-corrected chi connectivity index (χ3v) is 6.68. The molecule has 0 unspecified atom stereocenters. The molecule has 12 heteroatoms. The van der Waals surface area contributed by atoms with Crippen LogP contribution in [0.1, 0.15) is 0 Å². The van der Waals surface area contributed by atoms with E-state index in [1.807, 2.05) is 25.2 Å². The minimum absolute atomic E-state index is 0.0173. The normalized spacial score (nSPS) is 14.3. The Morgan fingerprint density at radius 3 is 2.61 bits per heavy atom. The summed E-state index contributed by atoms with van der Waals surface area (Å²) in [5.74, 6) is 0.455. The lowest BCUT2D eigenvalue weighted by Gasteiger charge is -2.37. The number of β-amino-alcohol motifs (C(OH)–C–C–N with tert-alkyl or cyclic N) is 1. The number of aromatic nitrogens is 4. The van der Waals surface area contributed by atoms with E-state index in [9.17, 15) is 13.9 Å². The Morgan fingerprint density at radius 2 is 1.87 bits per heavy atom. The van der Waals surface area contributed by atoms with Gasteiger partial charge in [0.2, 0.25) is 0 Å². The zero-order valence-electron chi connectivity index (χ0n) is 21.2. The second-order valence-electron chi connectivity index (χ2n) is 9.00. The first kappa shape index (κ1) is 25.6. The highest BCUT2D eigenvalue weighted by atomic mass is 19.3. The zero-order valence-corrected chi connectivity index (χ0v) is 21.2. The van der Waals surface area contributed by atoms with Crippen molar-refractivity contribution in [2.75, 3.05) is 61.9 Å². The van der Waals surface area contributed by atoms with Crippen LogP contribution in [0.4, 0.5) is 31.7 Å². The molecule has 0 aliphatic carbocycles. The number of nitrogens with zero attached hydrogens (tertiary/aromatic N) is 6. The molecule has 3 N–H and O–H groups in total. The van der Waals surface area contributed by atoms with Crippen LogP contribution in [0.25, 0.3) is 22.2 Å². The number of nitrogens with one attached hydrogen (secondary N) is 2. The molecule has 1 aliphatic heterocycles. The van der Waals surface area contributed by atoms with Crippen LogP contribution in [0.3, 0.4) is 0 Å². The van der Waals surface area contributed by atoms with E-state index in [1.54, 1.807) is 36.1 Å². The van der Waals surface area contributed by atoms with E-state index in [0.29, 0.717) is 36.8 Å². The van der Waals surface area contributed by atoms with E-state index >= 15 is 0 Å². The Labute approximate surface area is 218 Å². The van der Waals surface area contributed by atoms with Gasteiger partial charge in [0.25, 0.3) is 0 Å². The van der Waals surface area contributed by atoms with E-state index in [1.165, 1.54) is 6.33 Å². The molecule has 2 aromatic heterocycles. The fourth-order valence-corrected chi connectivity index (χ4v) is 4.72. The van der Waals surface area contributed by atoms with Crippen molar-refractivity contribution in [1.82, 2.24) is 24.6 Å². The minimum atomic E-state index is -2.99. The van der Waals surface area contributed by atoms with Crippen molar-refractivity contribution in [1.29, 1.82) is 0 Å². The van der Waals surface area contributed by atoms with Crippen molar-refractivity contribution in [3.05, 3.63) is 48.9 Å². The van der Waals surface area contributed by atoms with Crippen molar-refractivity contribution in [2.45, 2.75) is 6.61 Å². The number of benzene rings is 2. The number of piperazine rings is 1. The maximum atomic E-state index is 13.4. The molecule has 0 saturated carbocycles. The van der Waals surface area contributed by atoms with Crippen molar-refractivity contribution in [2.24, 2.45) is 7.05 Å². The monoisotopic (exact) mass is 524 g/mol. The molecular weight excluding hydrogens is 494 g/mol. The van der Waals surface area contributed by atoms with E-state index in [-0.39, 0.29) is 12.4 Å². The third kappa shape index (κ3) is 5.46. The van der Waals surface area contributed by atoms with Crippen LogP contribution < -0.4 is 20.3 Å². The number of fused-ring (bicyclic) bond motifs is 1. The molecule has 3 heterocycles. The number of hydrogen-bond acceptors (Lipinski definition) is 9. The highest BCUT2D eigenvalue weighted by Crippen LogP contribution is 2.39. The van der Waals surface area contributed by atoms with Crippen LogP contribution in [0.2, 0.25) is 0 Å². The summed E-state index contributed by atoms with van der Waals surface area (Å²) in [5.41, 5.74) is 4.45. The predicted molar refractivity (Wildman–Crippen MR) is 143 cm³/mol. The zero-order chi connectivity index (χ0) is 26.6. The lowest BCUT2D eigenvalue weighted by molar-refractivity contribution is -0.0493. The molecule has 0 spiro atoms. The summed E-state index contributed by atoms with van der Waals surface area (Å²) in [6.07, 6.45) is 3.22. The maximum absolute atomic E-state index is 13.4. The molecule has 0 amide bonds.